The van der Waals surface area contributed by atoms with Gasteiger partial charge in [-0.05, 0) is 73.0 Å². The van der Waals surface area contributed by atoms with E-state index in [0.29, 0.717) is 33.0 Å². The summed E-state index contributed by atoms with van der Waals surface area (Å²) in [5, 5.41) is 0.783. The molecule has 1 unspecified atom stereocenters. The monoisotopic (exact) mass is 445 g/mol. The maximum atomic E-state index is 13.6. The lowest BCUT2D eigenvalue weighted by Gasteiger charge is -2.26. The fourth-order valence-electron chi connectivity index (χ4n) is 4.19. The number of fused-ring (bicyclic) bond motifs is 2. The van der Waals surface area contributed by atoms with Gasteiger partial charge in [-0.3, -0.25) is 14.5 Å². The van der Waals surface area contributed by atoms with E-state index < -0.39 is 6.04 Å². The van der Waals surface area contributed by atoms with Crippen molar-refractivity contribution in [3.63, 3.8) is 0 Å². The van der Waals surface area contributed by atoms with Gasteiger partial charge in [-0.15, -0.1) is 0 Å². The Kier molecular flexibility index (Phi) is 4.79. The first-order valence-electron chi connectivity index (χ1n) is 10.2. The average molecular weight is 446 g/mol. The summed E-state index contributed by atoms with van der Waals surface area (Å²) >= 11 is 6.14. The fraction of sp³-hybridized carbons (Fsp3) is 0.154. The second-order valence-corrected chi connectivity index (χ2v) is 8.37. The maximum absolute atomic E-state index is 13.6. The predicted octanol–water partition coefficient (Wildman–Crippen LogP) is 5.82. The number of amides is 1. The summed E-state index contributed by atoms with van der Waals surface area (Å²) in [6.07, 6.45) is 0. The van der Waals surface area contributed by atoms with Crippen LogP contribution in [0.4, 0.5) is 5.69 Å². The van der Waals surface area contributed by atoms with E-state index in [1.54, 1.807) is 30.2 Å². The smallest absolute Gasteiger partial charge is 0.295 e. The number of benzene rings is 3. The van der Waals surface area contributed by atoms with Crippen molar-refractivity contribution in [1.82, 2.24) is 0 Å². The quantitative estimate of drug-likeness (QED) is 0.398. The SMILES string of the molecule is COc1ccc(C2c3c(oc4ccc(Cl)cc4c3=O)C(=O)N2c2ccc(C)c(C)c2)cc1. The van der Waals surface area contributed by atoms with Gasteiger partial charge in [-0.1, -0.05) is 29.8 Å². The minimum Gasteiger partial charge on any atom is -0.497 e. The van der Waals surface area contributed by atoms with Gasteiger partial charge in [0.25, 0.3) is 5.91 Å². The van der Waals surface area contributed by atoms with E-state index in [1.807, 2.05) is 56.3 Å². The summed E-state index contributed by atoms with van der Waals surface area (Å²) in [5.41, 5.74) is 4.04. The molecular weight excluding hydrogens is 426 g/mol. The van der Waals surface area contributed by atoms with Crippen molar-refractivity contribution in [3.05, 3.63) is 104 Å². The van der Waals surface area contributed by atoms with Crippen LogP contribution in [0.15, 0.2) is 69.9 Å². The molecule has 0 saturated carbocycles. The van der Waals surface area contributed by atoms with Crippen LogP contribution in [-0.2, 0) is 0 Å². The van der Waals surface area contributed by atoms with Crippen LogP contribution in [0, 0.1) is 13.8 Å². The minimum absolute atomic E-state index is 0.0591. The number of hydrogen-bond donors (Lipinski definition) is 0. The van der Waals surface area contributed by atoms with Gasteiger partial charge in [0.05, 0.1) is 24.1 Å². The van der Waals surface area contributed by atoms with Crippen LogP contribution in [0.1, 0.15) is 38.9 Å². The number of carbonyl (C=O) groups is 1. The Morgan fingerprint density at radius 1 is 0.938 bits per heavy atom. The lowest BCUT2D eigenvalue weighted by atomic mass is 9.98. The number of ether oxygens (including phenoxy) is 1. The van der Waals surface area contributed by atoms with Gasteiger partial charge >= 0.3 is 0 Å². The first-order chi connectivity index (χ1) is 15.4. The van der Waals surface area contributed by atoms with Crippen molar-refractivity contribution in [1.29, 1.82) is 0 Å². The molecule has 0 aliphatic carbocycles. The lowest BCUT2D eigenvalue weighted by molar-refractivity contribution is 0.0971. The topological polar surface area (TPSA) is 59.8 Å². The molecule has 5 rings (SSSR count). The van der Waals surface area contributed by atoms with Gasteiger partial charge in [0.2, 0.25) is 5.76 Å². The average Bonchev–Trinajstić information content (AvgIpc) is 3.09. The third-order valence-electron chi connectivity index (χ3n) is 6.03. The largest absolute Gasteiger partial charge is 0.497 e. The molecule has 5 nitrogen and oxygen atoms in total. The maximum Gasteiger partial charge on any atom is 0.295 e. The fourth-order valence-corrected chi connectivity index (χ4v) is 4.36. The van der Waals surface area contributed by atoms with Crippen LogP contribution >= 0.6 is 11.6 Å². The van der Waals surface area contributed by atoms with Crippen molar-refractivity contribution < 1.29 is 13.9 Å². The molecule has 0 N–H and O–H groups in total. The second-order valence-electron chi connectivity index (χ2n) is 7.93. The number of carbonyl (C=O) groups excluding carboxylic acids is 1. The van der Waals surface area contributed by atoms with E-state index in [4.69, 9.17) is 20.8 Å². The first-order valence-corrected chi connectivity index (χ1v) is 10.6. The van der Waals surface area contributed by atoms with Crippen LogP contribution < -0.4 is 15.1 Å². The molecule has 0 saturated heterocycles. The molecule has 6 heteroatoms. The molecule has 1 aliphatic rings. The van der Waals surface area contributed by atoms with Crippen molar-refractivity contribution in [2.75, 3.05) is 12.0 Å². The molecular formula is C26H20ClNO4. The van der Waals surface area contributed by atoms with Crippen molar-refractivity contribution >= 4 is 34.2 Å². The lowest BCUT2D eigenvalue weighted by Crippen LogP contribution is -2.29. The summed E-state index contributed by atoms with van der Waals surface area (Å²) in [4.78, 5) is 28.8. The molecule has 1 aromatic heterocycles. The number of halogens is 1. The van der Waals surface area contributed by atoms with E-state index in [-0.39, 0.29) is 17.1 Å². The van der Waals surface area contributed by atoms with E-state index in [9.17, 15) is 9.59 Å². The second kappa shape index (κ2) is 7.53. The number of methoxy groups -OCH3 is 1. The van der Waals surface area contributed by atoms with Gasteiger partial charge in [0, 0.05) is 10.7 Å². The summed E-state index contributed by atoms with van der Waals surface area (Å²) in [7, 11) is 1.59. The summed E-state index contributed by atoms with van der Waals surface area (Å²) in [6, 6.07) is 17.4. The molecule has 4 aromatic rings. The molecule has 160 valence electrons. The van der Waals surface area contributed by atoms with Crippen LogP contribution in [0.5, 0.6) is 5.75 Å². The molecule has 2 heterocycles. The van der Waals surface area contributed by atoms with E-state index >= 15 is 0 Å². The molecule has 32 heavy (non-hydrogen) atoms. The molecule has 0 bridgehead atoms. The third-order valence-corrected chi connectivity index (χ3v) is 6.27. The van der Waals surface area contributed by atoms with Crippen LogP contribution in [-0.4, -0.2) is 13.0 Å². The van der Waals surface area contributed by atoms with Crippen LogP contribution in [0.2, 0.25) is 5.02 Å². The Bertz CT molecular complexity index is 1440. The molecule has 0 fully saturated rings. The number of rotatable bonds is 3. The van der Waals surface area contributed by atoms with Gasteiger partial charge < -0.3 is 9.15 Å². The molecule has 3 aromatic carbocycles. The number of nitrogens with zero attached hydrogens (tertiary/aromatic N) is 1. The molecule has 1 amide bonds. The van der Waals surface area contributed by atoms with Crippen molar-refractivity contribution in [2.24, 2.45) is 0 Å². The Morgan fingerprint density at radius 2 is 1.69 bits per heavy atom. The van der Waals surface area contributed by atoms with E-state index in [2.05, 4.69) is 0 Å². The highest BCUT2D eigenvalue weighted by Crippen LogP contribution is 2.42. The van der Waals surface area contributed by atoms with Gasteiger partial charge in [-0.2, -0.15) is 0 Å². The van der Waals surface area contributed by atoms with E-state index in [0.717, 1.165) is 16.7 Å². The molecule has 1 atom stereocenters. The minimum atomic E-state index is -0.634. The zero-order chi connectivity index (χ0) is 22.6. The van der Waals surface area contributed by atoms with Crippen LogP contribution in [0.3, 0.4) is 0 Å². The van der Waals surface area contributed by atoms with Gasteiger partial charge in [0.15, 0.2) is 5.43 Å². The Labute approximate surface area is 189 Å². The number of hydrogen-bond acceptors (Lipinski definition) is 4. The Hall–Kier alpha value is -3.57. The zero-order valence-corrected chi connectivity index (χ0v) is 18.6. The zero-order valence-electron chi connectivity index (χ0n) is 17.8. The predicted molar refractivity (Wildman–Crippen MR) is 125 cm³/mol. The van der Waals surface area contributed by atoms with Crippen LogP contribution in [0.25, 0.3) is 11.0 Å². The highest BCUT2D eigenvalue weighted by atomic mass is 35.5. The van der Waals surface area contributed by atoms with E-state index in [1.165, 1.54) is 0 Å². The third kappa shape index (κ3) is 3.09. The van der Waals surface area contributed by atoms with Crippen molar-refractivity contribution in [2.45, 2.75) is 19.9 Å². The van der Waals surface area contributed by atoms with Gasteiger partial charge in [-0.25, -0.2) is 0 Å². The number of anilines is 1. The molecule has 0 spiro atoms. The first kappa shape index (κ1) is 20.3. The summed E-state index contributed by atoms with van der Waals surface area (Å²) < 4.78 is 11.3. The highest BCUT2D eigenvalue weighted by Gasteiger charge is 2.43. The number of aryl methyl sites for hydroxylation is 2. The van der Waals surface area contributed by atoms with Gasteiger partial charge in [0.1, 0.15) is 11.3 Å². The molecule has 1 aliphatic heterocycles. The highest BCUT2D eigenvalue weighted by molar-refractivity contribution is 6.31. The standard InChI is InChI=1S/C26H20ClNO4/c1-14-4-8-18(12-15(14)2)28-23(16-5-9-19(31-3)10-6-16)22-24(29)20-13-17(27)7-11-21(20)32-25(22)26(28)30/h4-13,23H,1-3H3. The summed E-state index contributed by atoms with van der Waals surface area (Å²) in [5.74, 6) is 0.398. The summed E-state index contributed by atoms with van der Waals surface area (Å²) in [6.45, 7) is 4.01. The Balaban J connectivity index is 1.80. The van der Waals surface area contributed by atoms with Crippen molar-refractivity contribution in [3.8, 4) is 5.75 Å². The normalized spacial score (nSPS) is 15.3. The Morgan fingerprint density at radius 3 is 2.38 bits per heavy atom. The molecule has 0 radical (unpaired) electrons.